The molecule has 1 rings (SSSR count). The minimum atomic E-state index is -0.165. The fourth-order valence-electron chi connectivity index (χ4n) is 1.35. The van der Waals surface area contributed by atoms with E-state index in [2.05, 4.69) is 6.92 Å². The van der Waals surface area contributed by atoms with Crippen molar-refractivity contribution in [2.45, 2.75) is 20.3 Å². The third-order valence-electron chi connectivity index (χ3n) is 2.28. The zero-order valence-corrected chi connectivity index (χ0v) is 8.18. The van der Waals surface area contributed by atoms with Gasteiger partial charge in [0.15, 0.2) is 0 Å². The molecule has 1 atom stereocenters. The lowest BCUT2D eigenvalue weighted by Gasteiger charge is -2.10. The van der Waals surface area contributed by atoms with Crippen molar-refractivity contribution >= 4 is 0 Å². The van der Waals surface area contributed by atoms with Crippen molar-refractivity contribution in [2.75, 3.05) is 6.54 Å². The van der Waals surface area contributed by atoms with Crippen molar-refractivity contribution in [2.24, 2.45) is 11.7 Å². The van der Waals surface area contributed by atoms with E-state index in [4.69, 9.17) is 5.73 Å². The first-order valence-corrected chi connectivity index (χ1v) is 4.58. The predicted molar refractivity (Wildman–Crippen MR) is 53.1 cm³/mol. The van der Waals surface area contributed by atoms with Crippen molar-refractivity contribution < 1.29 is 4.39 Å². The van der Waals surface area contributed by atoms with E-state index < -0.39 is 0 Å². The molecular formula is C11H16FN. The minimum Gasteiger partial charge on any atom is -0.330 e. The highest BCUT2D eigenvalue weighted by Gasteiger charge is 2.04. The molecule has 1 unspecified atom stereocenters. The summed E-state index contributed by atoms with van der Waals surface area (Å²) in [6.45, 7) is 4.71. The molecule has 13 heavy (non-hydrogen) atoms. The van der Waals surface area contributed by atoms with Crippen molar-refractivity contribution in [1.82, 2.24) is 0 Å². The van der Waals surface area contributed by atoms with Crippen LogP contribution in [0.25, 0.3) is 0 Å². The van der Waals surface area contributed by atoms with Gasteiger partial charge in [-0.3, -0.25) is 0 Å². The lowest BCUT2D eigenvalue weighted by Crippen LogP contribution is -2.13. The van der Waals surface area contributed by atoms with Crippen molar-refractivity contribution in [1.29, 1.82) is 0 Å². The Morgan fingerprint density at radius 1 is 1.46 bits per heavy atom. The second-order valence-corrected chi connectivity index (χ2v) is 3.62. The summed E-state index contributed by atoms with van der Waals surface area (Å²) in [7, 11) is 0. The zero-order chi connectivity index (χ0) is 9.84. The van der Waals surface area contributed by atoms with Crippen LogP contribution >= 0.6 is 0 Å². The fourth-order valence-corrected chi connectivity index (χ4v) is 1.35. The fraction of sp³-hybridized carbons (Fsp3) is 0.455. The highest BCUT2D eigenvalue weighted by atomic mass is 19.1. The molecule has 72 valence electrons. The van der Waals surface area contributed by atoms with Gasteiger partial charge in [0.2, 0.25) is 0 Å². The Hall–Kier alpha value is -0.890. The maximum atomic E-state index is 12.7. The van der Waals surface area contributed by atoms with Gasteiger partial charge in [0.1, 0.15) is 5.82 Å². The molecule has 0 aliphatic heterocycles. The zero-order valence-electron chi connectivity index (χ0n) is 8.18. The van der Waals surface area contributed by atoms with Crippen LogP contribution in [-0.2, 0) is 6.42 Å². The van der Waals surface area contributed by atoms with Gasteiger partial charge < -0.3 is 5.73 Å². The molecular weight excluding hydrogens is 165 g/mol. The van der Waals surface area contributed by atoms with Crippen LogP contribution in [0.15, 0.2) is 18.2 Å². The first-order chi connectivity index (χ1) is 6.13. The van der Waals surface area contributed by atoms with Gasteiger partial charge in [-0.05, 0) is 49.1 Å². The summed E-state index contributed by atoms with van der Waals surface area (Å²) in [6, 6.07) is 4.92. The third kappa shape index (κ3) is 2.81. The second kappa shape index (κ2) is 4.38. The third-order valence-corrected chi connectivity index (χ3v) is 2.28. The maximum absolute atomic E-state index is 12.7. The quantitative estimate of drug-likeness (QED) is 0.760. The average Bonchev–Trinajstić information content (AvgIpc) is 2.09. The van der Waals surface area contributed by atoms with Gasteiger partial charge in [-0.2, -0.15) is 0 Å². The summed E-state index contributed by atoms with van der Waals surface area (Å²) in [6.07, 6.45) is 0.933. The highest BCUT2D eigenvalue weighted by molar-refractivity contribution is 5.26. The van der Waals surface area contributed by atoms with E-state index in [-0.39, 0.29) is 5.82 Å². The first-order valence-electron chi connectivity index (χ1n) is 4.58. The Morgan fingerprint density at radius 2 is 2.15 bits per heavy atom. The number of hydrogen-bond acceptors (Lipinski definition) is 1. The molecule has 0 spiro atoms. The molecule has 0 fully saturated rings. The van der Waals surface area contributed by atoms with E-state index in [0.29, 0.717) is 12.5 Å². The number of rotatable bonds is 3. The first kappa shape index (κ1) is 10.2. The van der Waals surface area contributed by atoms with Crippen LogP contribution in [0.4, 0.5) is 4.39 Å². The van der Waals surface area contributed by atoms with Gasteiger partial charge in [0.25, 0.3) is 0 Å². The summed E-state index contributed by atoms with van der Waals surface area (Å²) < 4.78 is 12.7. The standard InChI is InChI=1S/C11H16FN/c1-8(7-13)5-10-3-4-11(12)6-9(10)2/h3-4,6,8H,5,7,13H2,1-2H3. The Kier molecular flexibility index (Phi) is 3.43. The predicted octanol–water partition coefficient (Wildman–Crippen LogP) is 2.27. The smallest absolute Gasteiger partial charge is 0.123 e. The van der Waals surface area contributed by atoms with Gasteiger partial charge in [0, 0.05) is 0 Å². The maximum Gasteiger partial charge on any atom is 0.123 e. The molecule has 0 saturated carbocycles. The van der Waals surface area contributed by atoms with Crippen molar-refractivity contribution in [3.63, 3.8) is 0 Å². The summed E-state index contributed by atoms with van der Waals surface area (Å²) >= 11 is 0. The summed E-state index contributed by atoms with van der Waals surface area (Å²) in [5.74, 6) is 0.297. The second-order valence-electron chi connectivity index (χ2n) is 3.62. The lowest BCUT2D eigenvalue weighted by molar-refractivity contribution is 0.587. The van der Waals surface area contributed by atoms with E-state index in [1.165, 1.54) is 11.6 Å². The Bertz CT molecular complexity index is 283. The largest absolute Gasteiger partial charge is 0.330 e. The average molecular weight is 181 g/mol. The van der Waals surface area contributed by atoms with E-state index in [1.54, 1.807) is 6.07 Å². The molecule has 0 aromatic heterocycles. The van der Waals surface area contributed by atoms with Crippen LogP contribution in [-0.4, -0.2) is 6.54 Å². The molecule has 2 heteroatoms. The molecule has 1 aromatic rings. The van der Waals surface area contributed by atoms with Gasteiger partial charge in [0.05, 0.1) is 0 Å². The number of halogens is 1. The lowest BCUT2D eigenvalue weighted by atomic mass is 9.97. The Morgan fingerprint density at radius 3 is 2.69 bits per heavy atom. The molecule has 2 N–H and O–H groups in total. The van der Waals surface area contributed by atoms with Gasteiger partial charge in [-0.15, -0.1) is 0 Å². The van der Waals surface area contributed by atoms with Gasteiger partial charge in [-0.25, -0.2) is 4.39 Å². The van der Waals surface area contributed by atoms with Crippen LogP contribution in [0, 0.1) is 18.7 Å². The van der Waals surface area contributed by atoms with E-state index in [9.17, 15) is 4.39 Å². The topological polar surface area (TPSA) is 26.0 Å². The number of aryl methyl sites for hydroxylation is 1. The number of nitrogens with two attached hydrogens (primary N) is 1. The molecule has 0 aliphatic rings. The van der Waals surface area contributed by atoms with Crippen LogP contribution in [0.1, 0.15) is 18.1 Å². The van der Waals surface area contributed by atoms with Crippen LogP contribution in [0.5, 0.6) is 0 Å². The molecule has 0 aliphatic carbocycles. The van der Waals surface area contributed by atoms with E-state index in [0.717, 1.165) is 12.0 Å². The van der Waals surface area contributed by atoms with Gasteiger partial charge in [-0.1, -0.05) is 13.0 Å². The van der Waals surface area contributed by atoms with Crippen LogP contribution in [0.3, 0.4) is 0 Å². The Labute approximate surface area is 78.8 Å². The molecule has 0 bridgehead atoms. The minimum absolute atomic E-state index is 0.165. The summed E-state index contributed by atoms with van der Waals surface area (Å²) in [5.41, 5.74) is 7.73. The molecule has 0 saturated heterocycles. The molecule has 1 aromatic carbocycles. The summed E-state index contributed by atoms with van der Waals surface area (Å²) in [5, 5.41) is 0. The summed E-state index contributed by atoms with van der Waals surface area (Å²) in [4.78, 5) is 0. The van der Waals surface area contributed by atoms with Crippen molar-refractivity contribution in [3.8, 4) is 0 Å². The normalized spacial score (nSPS) is 12.9. The monoisotopic (exact) mass is 181 g/mol. The van der Waals surface area contributed by atoms with Crippen LogP contribution < -0.4 is 5.73 Å². The van der Waals surface area contributed by atoms with Gasteiger partial charge >= 0.3 is 0 Å². The number of benzene rings is 1. The van der Waals surface area contributed by atoms with Crippen molar-refractivity contribution in [3.05, 3.63) is 35.1 Å². The Balaban J connectivity index is 2.77. The SMILES string of the molecule is Cc1cc(F)ccc1CC(C)CN. The molecule has 0 radical (unpaired) electrons. The highest BCUT2D eigenvalue weighted by Crippen LogP contribution is 2.14. The van der Waals surface area contributed by atoms with Crippen LogP contribution in [0.2, 0.25) is 0 Å². The molecule has 0 amide bonds. The molecule has 0 heterocycles. The van der Waals surface area contributed by atoms with E-state index >= 15 is 0 Å². The molecule has 1 nitrogen and oxygen atoms in total. The number of hydrogen-bond donors (Lipinski definition) is 1. The van der Waals surface area contributed by atoms with E-state index in [1.807, 2.05) is 13.0 Å².